The molecule has 0 radical (unpaired) electrons. The number of benzene rings is 2. The number of halogens is 3. The number of aromatic nitrogens is 3. The molecular weight excluding hydrogens is 573 g/mol. The van der Waals surface area contributed by atoms with Crippen molar-refractivity contribution in [3.8, 4) is 28.3 Å². The Kier molecular flexibility index (Phi) is 8.36. The maximum atomic E-state index is 15.8. The van der Waals surface area contributed by atoms with Gasteiger partial charge in [0, 0.05) is 29.3 Å². The summed E-state index contributed by atoms with van der Waals surface area (Å²) in [5, 5.41) is 0.527. The summed E-state index contributed by atoms with van der Waals surface area (Å²) in [6.07, 6.45) is 1.17. The van der Waals surface area contributed by atoms with Crippen molar-refractivity contribution in [3.63, 3.8) is 0 Å². The summed E-state index contributed by atoms with van der Waals surface area (Å²) in [7, 11) is -2.52. The summed E-state index contributed by atoms with van der Waals surface area (Å²) >= 11 is 0. The van der Waals surface area contributed by atoms with Crippen LogP contribution in [0.3, 0.4) is 0 Å². The molecule has 1 atom stereocenters. The summed E-state index contributed by atoms with van der Waals surface area (Å²) in [6, 6.07) is 8.69. The number of ether oxygens (including phenoxy) is 2. The minimum Gasteiger partial charge on any atom is -0.494 e. The average Bonchev–Trinajstić information content (AvgIpc) is 2.97. The van der Waals surface area contributed by atoms with Gasteiger partial charge in [0.2, 0.25) is 10.0 Å². The molecule has 1 aliphatic rings. The van der Waals surface area contributed by atoms with E-state index in [4.69, 9.17) is 20.2 Å². The highest BCUT2D eigenvalue weighted by Crippen LogP contribution is 2.39. The maximum Gasteiger partial charge on any atom is 0.232 e. The first-order valence-electron chi connectivity index (χ1n) is 13.1. The molecule has 0 amide bonds. The number of morpholine rings is 1. The number of nitrogens with one attached hydrogen (secondary N) is 1. The van der Waals surface area contributed by atoms with Gasteiger partial charge in [-0.25, -0.2) is 32.2 Å². The predicted molar refractivity (Wildman–Crippen MR) is 155 cm³/mol. The Bertz CT molecular complexity index is 1740. The van der Waals surface area contributed by atoms with Gasteiger partial charge in [-0.1, -0.05) is 12.1 Å². The lowest BCUT2D eigenvalue weighted by molar-refractivity contribution is 0.0987. The van der Waals surface area contributed by atoms with Gasteiger partial charge in [0.25, 0.3) is 0 Å². The van der Waals surface area contributed by atoms with E-state index in [1.165, 1.54) is 37.6 Å². The predicted octanol–water partition coefficient (Wildman–Crippen LogP) is 4.55. The molecule has 0 saturated carbocycles. The van der Waals surface area contributed by atoms with E-state index in [0.29, 0.717) is 47.6 Å². The summed E-state index contributed by atoms with van der Waals surface area (Å²) in [6.45, 7) is 2.54. The van der Waals surface area contributed by atoms with Crippen molar-refractivity contribution in [2.45, 2.75) is 19.4 Å². The number of nitrogens with two attached hydrogens (primary N) is 1. The fourth-order valence-corrected chi connectivity index (χ4v) is 5.84. The zero-order chi connectivity index (χ0) is 30.0. The van der Waals surface area contributed by atoms with E-state index in [0.717, 1.165) is 0 Å². The van der Waals surface area contributed by atoms with Crippen LogP contribution in [0.2, 0.25) is 0 Å². The monoisotopic (exact) mass is 602 g/mol. The molecular formula is C28H29F3N6O4S. The molecule has 5 rings (SSSR count). The van der Waals surface area contributed by atoms with Gasteiger partial charge in [-0.05, 0) is 43.2 Å². The van der Waals surface area contributed by atoms with Crippen LogP contribution in [0.25, 0.3) is 33.4 Å². The molecule has 222 valence electrons. The van der Waals surface area contributed by atoms with Crippen LogP contribution < -0.4 is 20.1 Å². The third kappa shape index (κ3) is 5.90. The standard InChI is InChI=1S/C28H29F3N6O4S/c1-16-15-41-9-8-37(16)28-20-11-17(19-5-3-6-22(24(19)31)36-42(38,39)10-4-7-29)13-23(40-2)25(20)34-27(35-28)18-12-21(30)26(32)33-14-18/h3,5-6,11-14,16,36H,4,7-10,15H2,1-2H3,(H2,32,33). The molecule has 42 heavy (non-hydrogen) atoms. The molecule has 2 aromatic carbocycles. The zero-order valence-corrected chi connectivity index (χ0v) is 23.7. The fourth-order valence-electron chi connectivity index (χ4n) is 4.75. The number of nitrogens with zero attached hydrogens (tertiary/aromatic N) is 4. The van der Waals surface area contributed by atoms with Gasteiger partial charge in [0.1, 0.15) is 17.1 Å². The van der Waals surface area contributed by atoms with E-state index in [-0.39, 0.29) is 41.1 Å². The van der Waals surface area contributed by atoms with Gasteiger partial charge in [0.05, 0.1) is 44.5 Å². The second-order valence-corrected chi connectivity index (χ2v) is 11.6. The third-order valence-corrected chi connectivity index (χ3v) is 8.21. The Labute approximate surface area is 240 Å². The van der Waals surface area contributed by atoms with E-state index in [9.17, 15) is 17.2 Å². The summed E-state index contributed by atoms with van der Waals surface area (Å²) < 4.78 is 80.8. The lowest BCUT2D eigenvalue weighted by Gasteiger charge is -2.35. The van der Waals surface area contributed by atoms with Gasteiger partial charge in [-0.15, -0.1) is 0 Å². The zero-order valence-electron chi connectivity index (χ0n) is 22.9. The second-order valence-electron chi connectivity index (χ2n) is 9.78. The van der Waals surface area contributed by atoms with E-state index in [1.54, 1.807) is 12.1 Å². The van der Waals surface area contributed by atoms with Crippen molar-refractivity contribution in [3.05, 3.63) is 54.2 Å². The molecule has 14 heteroatoms. The smallest absolute Gasteiger partial charge is 0.232 e. The van der Waals surface area contributed by atoms with Gasteiger partial charge in [-0.2, -0.15) is 0 Å². The lowest BCUT2D eigenvalue weighted by Crippen LogP contribution is -2.44. The summed E-state index contributed by atoms with van der Waals surface area (Å²) in [5.41, 5.74) is 6.46. The number of anilines is 3. The lowest BCUT2D eigenvalue weighted by atomic mass is 10.0. The molecule has 4 aromatic rings. The highest BCUT2D eigenvalue weighted by molar-refractivity contribution is 7.92. The van der Waals surface area contributed by atoms with Crippen LogP contribution in [0, 0.1) is 11.6 Å². The molecule has 10 nitrogen and oxygen atoms in total. The normalized spacial score (nSPS) is 15.6. The number of alkyl halides is 1. The van der Waals surface area contributed by atoms with Crippen LogP contribution in [0.5, 0.6) is 5.75 Å². The quantitative estimate of drug-likeness (QED) is 0.283. The van der Waals surface area contributed by atoms with Crippen molar-refractivity contribution >= 4 is 38.2 Å². The Morgan fingerprint density at radius 1 is 1.19 bits per heavy atom. The highest BCUT2D eigenvalue weighted by Gasteiger charge is 2.26. The molecule has 2 aromatic heterocycles. The Balaban J connectivity index is 1.70. The molecule has 1 fully saturated rings. The van der Waals surface area contributed by atoms with Gasteiger partial charge >= 0.3 is 0 Å². The van der Waals surface area contributed by atoms with Crippen LogP contribution in [0.15, 0.2) is 42.6 Å². The van der Waals surface area contributed by atoms with Gasteiger partial charge in [0.15, 0.2) is 23.3 Å². The fraction of sp³-hybridized carbons (Fsp3) is 0.321. The Morgan fingerprint density at radius 3 is 2.71 bits per heavy atom. The van der Waals surface area contributed by atoms with Crippen molar-refractivity contribution in [2.24, 2.45) is 0 Å². The van der Waals surface area contributed by atoms with Crippen LogP contribution in [-0.2, 0) is 14.8 Å². The van der Waals surface area contributed by atoms with Gasteiger partial charge in [-0.3, -0.25) is 9.11 Å². The molecule has 1 saturated heterocycles. The number of hydrogen-bond donors (Lipinski definition) is 2. The van der Waals surface area contributed by atoms with E-state index in [1.807, 2.05) is 11.8 Å². The second kappa shape index (κ2) is 12.0. The largest absolute Gasteiger partial charge is 0.494 e. The molecule has 0 spiro atoms. The third-order valence-electron chi connectivity index (χ3n) is 6.85. The summed E-state index contributed by atoms with van der Waals surface area (Å²) in [4.78, 5) is 15.4. The SMILES string of the molecule is COc1cc(-c2cccc(NS(=O)(=O)CCCF)c2F)cc2c(N3CCOCC3C)nc(-c3cnc(N)c(F)c3)nc12. The van der Waals surface area contributed by atoms with E-state index >= 15 is 4.39 Å². The Hall–Kier alpha value is -4.17. The Morgan fingerprint density at radius 2 is 2.00 bits per heavy atom. The first kappa shape index (κ1) is 29.3. The van der Waals surface area contributed by atoms with Crippen LogP contribution >= 0.6 is 0 Å². The number of pyridine rings is 1. The van der Waals surface area contributed by atoms with Gasteiger partial charge < -0.3 is 20.1 Å². The van der Waals surface area contributed by atoms with Crippen LogP contribution in [0.4, 0.5) is 30.5 Å². The minimum absolute atomic E-state index is 0.0839. The average molecular weight is 603 g/mol. The number of fused-ring (bicyclic) bond motifs is 1. The number of sulfonamides is 1. The topological polar surface area (TPSA) is 133 Å². The van der Waals surface area contributed by atoms with E-state index < -0.39 is 34.1 Å². The number of rotatable bonds is 9. The first-order chi connectivity index (χ1) is 20.1. The molecule has 1 aliphatic heterocycles. The number of hydrogen-bond acceptors (Lipinski definition) is 9. The number of nitrogen functional groups attached to an aromatic ring is 1. The number of methoxy groups -OCH3 is 1. The first-order valence-corrected chi connectivity index (χ1v) is 14.8. The molecule has 0 bridgehead atoms. The van der Waals surface area contributed by atoms with Crippen molar-refractivity contribution < 1.29 is 31.1 Å². The molecule has 1 unspecified atom stereocenters. The maximum absolute atomic E-state index is 15.8. The minimum atomic E-state index is -3.96. The van der Waals surface area contributed by atoms with Crippen molar-refractivity contribution in [1.82, 2.24) is 15.0 Å². The van der Waals surface area contributed by atoms with Crippen molar-refractivity contribution in [2.75, 3.05) is 54.7 Å². The van der Waals surface area contributed by atoms with Crippen LogP contribution in [0.1, 0.15) is 13.3 Å². The molecule has 3 heterocycles. The van der Waals surface area contributed by atoms with E-state index in [2.05, 4.69) is 14.7 Å². The highest BCUT2D eigenvalue weighted by atomic mass is 32.2. The van der Waals surface area contributed by atoms with Crippen molar-refractivity contribution in [1.29, 1.82) is 0 Å². The summed E-state index contributed by atoms with van der Waals surface area (Å²) in [5.74, 6) is -1.30. The van der Waals surface area contributed by atoms with Crippen LogP contribution in [-0.4, -0.2) is 68.7 Å². The molecule has 3 N–H and O–H groups in total. The molecule has 0 aliphatic carbocycles.